The second-order valence-electron chi connectivity index (χ2n) is 1.69. The van der Waals surface area contributed by atoms with Crippen LogP contribution in [0.4, 0.5) is 0 Å². The topological polar surface area (TPSA) is 49.3 Å². The molecule has 2 N–H and O–H groups in total. The van der Waals surface area contributed by atoms with Crippen LogP contribution in [-0.2, 0) is 4.79 Å². The minimum absolute atomic E-state index is 0.442. The molecule has 0 aliphatic heterocycles. The number of nitrogens with one attached hydrogen (secondary N) is 1. The molecule has 0 aliphatic rings. The Labute approximate surface area is 59.9 Å². The fraction of sp³-hybridized carbons (Fsp3) is 0.800. The van der Waals surface area contributed by atoms with Crippen molar-refractivity contribution >= 4 is 18.6 Å². The van der Waals surface area contributed by atoms with Gasteiger partial charge in [-0.05, 0) is 19.2 Å². The number of rotatable bonds is 4. The fourth-order valence-electron chi connectivity index (χ4n) is 0.520. The minimum Gasteiger partial charge on any atom is -0.480 e. The van der Waals surface area contributed by atoms with E-state index in [0.29, 0.717) is 12.2 Å². The van der Waals surface area contributed by atoms with Crippen LogP contribution in [-0.4, -0.2) is 29.9 Å². The van der Waals surface area contributed by atoms with Crippen molar-refractivity contribution in [1.82, 2.24) is 5.32 Å². The summed E-state index contributed by atoms with van der Waals surface area (Å²) in [5.41, 5.74) is 0. The van der Waals surface area contributed by atoms with Gasteiger partial charge in [-0.15, -0.1) is 0 Å². The second kappa shape index (κ2) is 4.64. The fourth-order valence-corrected chi connectivity index (χ4v) is 0.779. The Bertz CT molecular complexity index is 97.0. The van der Waals surface area contributed by atoms with E-state index in [1.54, 1.807) is 7.05 Å². The van der Waals surface area contributed by atoms with Crippen molar-refractivity contribution in [2.45, 2.75) is 12.5 Å². The maximum atomic E-state index is 10.2. The molecule has 0 radical (unpaired) electrons. The Hall–Kier alpha value is -0.220. The molecule has 0 saturated heterocycles. The highest BCUT2D eigenvalue weighted by atomic mass is 32.1. The second-order valence-corrected chi connectivity index (χ2v) is 2.14. The lowest BCUT2D eigenvalue weighted by Crippen LogP contribution is -2.33. The zero-order valence-electron chi connectivity index (χ0n) is 5.29. The molecular weight excluding hydrogens is 138 g/mol. The van der Waals surface area contributed by atoms with Crippen LogP contribution in [0.1, 0.15) is 6.42 Å². The maximum absolute atomic E-state index is 10.2. The lowest BCUT2D eigenvalue weighted by molar-refractivity contribution is -0.139. The number of hydrogen-bond acceptors (Lipinski definition) is 3. The molecule has 0 saturated carbocycles. The van der Waals surface area contributed by atoms with Crippen molar-refractivity contribution in [2.75, 3.05) is 12.8 Å². The van der Waals surface area contributed by atoms with Crippen molar-refractivity contribution in [1.29, 1.82) is 0 Å². The van der Waals surface area contributed by atoms with E-state index < -0.39 is 12.0 Å². The van der Waals surface area contributed by atoms with Gasteiger partial charge in [-0.3, -0.25) is 4.79 Å². The van der Waals surface area contributed by atoms with Gasteiger partial charge in [0, 0.05) is 0 Å². The lowest BCUT2D eigenvalue weighted by atomic mass is 10.2. The van der Waals surface area contributed by atoms with Crippen molar-refractivity contribution in [3.05, 3.63) is 0 Å². The molecular formula is C5H11NO2S. The molecule has 0 aromatic rings. The number of aliphatic carboxylic acids is 1. The van der Waals surface area contributed by atoms with Crippen LogP contribution in [0.15, 0.2) is 0 Å². The highest BCUT2D eigenvalue weighted by Crippen LogP contribution is 1.92. The molecule has 1 unspecified atom stereocenters. The molecule has 0 aromatic heterocycles. The predicted octanol–water partition coefficient (Wildman–Crippen LogP) is -0.0211. The van der Waals surface area contributed by atoms with E-state index in [0.717, 1.165) is 0 Å². The number of likely N-dealkylation sites (N-methyl/N-ethyl adjacent to an activating group) is 1. The molecule has 0 heterocycles. The molecule has 0 spiro atoms. The average Bonchev–Trinajstić information content (AvgIpc) is 1.82. The minimum atomic E-state index is -0.813. The third kappa shape index (κ3) is 3.37. The zero-order chi connectivity index (χ0) is 7.28. The van der Waals surface area contributed by atoms with Gasteiger partial charge < -0.3 is 10.4 Å². The maximum Gasteiger partial charge on any atom is 0.320 e. The summed E-state index contributed by atoms with van der Waals surface area (Å²) in [4.78, 5) is 10.2. The first-order chi connectivity index (χ1) is 4.22. The molecule has 9 heavy (non-hydrogen) atoms. The summed E-state index contributed by atoms with van der Waals surface area (Å²) >= 11 is 3.91. The molecule has 0 amide bonds. The molecule has 0 fully saturated rings. The van der Waals surface area contributed by atoms with Gasteiger partial charge >= 0.3 is 5.97 Å². The molecule has 0 aliphatic carbocycles. The third-order valence-corrected chi connectivity index (χ3v) is 1.32. The van der Waals surface area contributed by atoms with Crippen molar-refractivity contribution < 1.29 is 9.90 Å². The molecule has 0 rings (SSSR count). The van der Waals surface area contributed by atoms with E-state index >= 15 is 0 Å². The highest BCUT2D eigenvalue weighted by molar-refractivity contribution is 7.80. The third-order valence-electron chi connectivity index (χ3n) is 1.06. The molecule has 0 bridgehead atoms. The van der Waals surface area contributed by atoms with Crippen molar-refractivity contribution in [2.24, 2.45) is 0 Å². The first-order valence-corrected chi connectivity index (χ1v) is 3.36. The monoisotopic (exact) mass is 149 g/mol. The van der Waals surface area contributed by atoms with Gasteiger partial charge in [-0.25, -0.2) is 0 Å². The van der Waals surface area contributed by atoms with E-state index in [9.17, 15) is 4.79 Å². The first-order valence-electron chi connectivity index (χ1n) is 2.73. The standard InChI is InChI=1S/C5H11NO2S/c1-6-4(2-3-9)5(7)8/h4,6,9H,2-3H2,1H3,(H,7,8). The number of carboxylic acid groups (broad SMARTS) is 1. The van der Waals surface area contributed by atoms with Crippen molar-refractivity contribution in [3.63, 3.8) is 0 Å². The molecule has 0 aromatic carbocycles. The Morgan fingerprint density at radius 3 is 2.56 bits per heavy atom. The summed E-state index contributed by atoms with van der Waals surface area (Å²) < 4.78 is 0. The summed E-state index contributed by atoms with van der Waals surface area (Å²) in [6.07, 6.45) is 0.564. The predicted molar refractivity (Wildman–Crippen MR) is 39.0 cm³/mol. The van der Waals surface area contributed by atoms with Crippen LogP contribution in [0.5, 0.6) is 0 Å². The van der Waals surface area contributed by atoms with Crippen LogP contribution in [0, 0.1) is 0 Å². The number of carboxylic acids is 1. The summed E-state index contributed by atoms with van der Waals surface area (Å²) in [6.45, 7) is 0. The zero-order valence-corrected chi connectivity index (χ0v) is 6.19. The van der Waals surface area contributed by atoms with E-state index in [1.165, 1.54) is 0 Å². The first kappa shape index (κ1) is 8.78. The number of carbonyl (C=O) groups is 1. The van der Waals surface area contributed by atoms with Gasteiger partial charge in [0.2, 0.25) is 0 Å². The largest absolute Gasteiger partial charge is 0.480 e. The highest BCUT2D eigenvalue weighted by Gasteiger charge is 2.11. The normalized spacial score (nSPS) is 13.1. The van der Waals surface area contributed by atoms with Crippen LogP contribution in [0.25, 0.3) is 0 Å². The average molecular weight is 149 g/mol. The quantitative estimate of drug-likeness (QED) is 0.492. The van der Waals surface area contributed by atoms with E-state index in [-0.39, 0.29) is 0 Å². The summed E-state index contributed by atoms with van der Waals surface area (Å²) in [7, 11) is 1.63. The van der Waals surface area contributed by atoms with Crippen LogP contribution >= 0.6 is 12.6 Å². The van der Waals surface area contributed by atoms with Gasteiger partial charge in [-0.2, -0.15) is 12.6 Å². The van der Waals surface area contributed by atoms with Gasteiger partial charge in [0.25, 0.3) is 0 Å². The summed E-state index contributed by atoms with van der Waals surface area (Å²) in [6, 6.07) is -0.442. The van der Waals surface area contributed by atoms with Gasteiger partial charge in [0.15, 0.2) is 0 Å². The molecule has 4 heteroatoms. The van der Waals surface area contributed by atoms with Crippen LogP contribution in [0.2, 0.25) is 0 Å². The van der Waals surface area contributed by atoms with E-state index in [4.69, 9.17) is 5.11 Å². The van der Waals surface area contributed by atoms with Crippen LogP contribution < -0.4 is 5.32 Å². The number of thiol groups is 1. The van der Waals surface area contributed by atoms with Gasteiger partial charge in [0.05, 0.1) is 0 Å². The van der Waals surface area contributed by atoms with Gasteiger partial charge in [-0.1, -0.05) is 0 Å². The number of hydrogen-bond donors (Lipinski definition) is 3. The van der Waals surface area contributed by atoms with E-state index in [2.05, 4.69) is 17.9 Å². The Morgan fingerprint density at radius 2 is 2.44 bits per heavy atom. The lowest BCUT2D eigenvalue weighted by Gasteiger charge is -2.07. The Morgan fingerprint density at radius 1 is 1.89 bits per heavy atom. The summed E-state index contributed by atoms with van der Waals surface area (Å²) in [5, 5.41) is 11.1. The summed E-state index contributed by atoms with van der Waals surface area (Å²) in [5.74, 6) is -0.218. The Kier molecular flexibility index (Phi) is 4.53. The van der Waals surface area contributed by atoms with E-state index in [1.807, 2.05) is 0 Å². The smallest absolute Gasteiger partial charge is 0.320 e. The Balaban J connectivity index is 3.54. The SMILES string of the molecule is CNC(CCS)C(=O)O. The van der Waals surface area contributed by atoms with Crippen molar-refractivity contribution in [3.8, 4) is 0 Å². The molecule has 54 valence electrons. The van der Waals surface area contributed by atoms with Crippen LogP contribution in [0.3, 0.4) is 0 Å². The molecule has 1 atom stereocenters. The molecule has 3 nitrogen and oxygen atoms in total. The van der Waals surface area contributed by atoms with Gasteiger partial charge in [0.1, 0.15) is 6.04 Å².